The van der Waals surface area contributed by atoms with Gasteiger partial charge in [0.25, 0.3) is 0 Å². The van der Waals surface area contributed by atoms with Gasteiger partial charge in [-0.1, -0.05) is 19.0 Å². The SMILES string of the molecule is CCN(CC)CCOc1cc(NC(=O)CCc2nc(-c3ccc(OC)cc3)no2)ccc1OC. The first-order valence-corrected chi connectivity index (χ1v) is 11.4. The van der Waals surface area contributed by atoms with Crippen molar-refractivity contribution >= 4 is 11.6 Å². The third-order valence-electron chi connectivity index (χ3n) is 5.39. The van der Waals surface area contributed by atoms with Crippen molar-refractivity contribution in [1.82, 2.24) is 15.0 Å². The molecule has 1 N–H and O–H groups in total. The van der Waals surface area contributed by atoms with Crippen molar-refractivity contribution in [3.63, 3.8) is 0 Å². The lowest BCUT2D eigenvalue weighted by molar-refractivity contribution is -0.116. The monoisotopic (exact) mass is 468 g/mol. The third kappa shape index (κ3) is 6.95. The molecule has 0 unspecified atom stereocenters. The van der Waals surface area contributed by atoms with Crippen LogP contribution in [0.5, 0.6) is 17.2 Å². The van der Waals surface area contributed by atoms with E-state index in [1.165, 1.54) is 0 Å². The van der Waals surface area contributed by atoms with Crippen LogP contribution in [-0.4, -0.2) is 61.4 Å². The molecule has 1 heterocycles. The molecule has 1 aromatic heterocycles. The molecule has 1 amide bonds. The van der Waals surface area contributed by atoms with E-state index in [0.717, 1.165) is 30.9 Å². The molecule has 34 heavy (non-hydrogen) atoms. The van der Waals surface area contributed by atoms with E-state index in [4.69, 9.17) is 18.7 Å². The second-order valence-electron chi connectivity index (χ2n) is 7.53. The first-order chi connectivity index (χ1) is 16.6. The van der Waals surface area contributed by atoms with Crippen molar-refractivity contribution in [3.8, 4) is 28.6 Å². The molecule has 9 nitrogen and oxygen atoms in total. The second-order valence-corrected chi connectivity index (χ2v) is 7.53. The maximum absolute atomic E-state index is 12.5. The Morgan fingerprint density at radius 2 is 1.79 bits per heavy atom. The van der Waals surface area contributed by atoms with Gasteiger partial charge in [-0.15, -0.1) is 0 Å². The Hall–Kier alpha value is -3.59. The van der Waals surface area contributed by atoms with Crippen LogP contribution in [0.15, 0.2) is 47.0 Å². The molecule has 0 spiro atoms. The highest BCUT2D eigenvalue weighted by Crippen LogP contribution is 2.30. The largest absolute Gasteiger partial charge is 0.497 e. The molecule has 3 rings (SSSR count). The molecular weight excluding hydrogens is 436 g/mol. The minimum Gasteiger partial charge on any atom is -0.497 e. The number of likely N-dealkylation sites (N-methyl/N-ethyl adjacent to an activating group) is 1. The zero-order chi connectivity index (χ0) is 24.3. The molecule has 0 aliphatic heterocycles. The van der Waals surface area contributed by atoms with E-state index < -0.39 is 0 Å². The molecule has 0 atom stereocenters. The van der Waals surface area contributed by atoms with Crippen LogP contribution in [0.25, 0.3) is 11.4 Å². The summed E-state index contributed by atoms with van der Waals surface area (Å²) in [6, 6.07) is 12.7. The molecule has 0 saturated carbocycles. The molecule has 0 radical (unpaired) electrons. The quantitative estimate of drug-likeness (QED) is 0.401. The van der Waals surface area contributed by atoms with Crippen molar-refractivity contribution in [2.75, 3.05) is 45.8 Å². The Kier molecular flexibility index (Phi) is 9.28. The van der Waals surface area contributed by atoms with Crippen molar-refractivity contribution in [1.29, 1.82) is 0 Å². The van der Waals surface area contributed by atoms with E-state index >= 15 is 0 Å². The van der Waals surface area contributed by atoms with Crippen LogP contribution in [-0.2, 0) is 11.2 Å². The van der Waals surface area contributed by atoms with E-state index in [2.05, 4.69) is 34.2 Å². The van der Waals surface area contributed by atoms with Gasteiger partial charge < -0.3 is 29.0 Å². The normalized spacial score (nSPS) is 10.9. The number of carbonyl (C=O) groups excluding carboxylic acids is 1. The van der Waals surface area contributed by atoms with Gasteiger partial charge in [-0.3, -0.25) is 4.79 Å². The van der Waals surface area contributed by atoms with Crippen LogP contribution in [0.4, 0.5) is 5.69 Å². The number of methoxy groups -OCH3 is 2. The lowest BCUT2D eigenvalue weighted by atomic mass is 10.2. The summed E-state index contributed by atoms with van der Waals surface area (Å²) in [6.07, 6.45) is 0.535. The molecule has 0 saturated heterocycles. The minimum atomic E-state index is -0.163. The van der Waals surface area contributed by atoms with Crippen LogP contribution in [0.2, 0.25) is 0 Å². The van der Waals surface area contributed by atoms with E-state index in [9.17, 15) is 4.79 Å². The van der Waals surface area contributed by atoms with Gasteiger partial charge in [0, 0.05) is 36.7 Å². The number of aryl methyl sites for hydroxylation is 1. The molecule has 3 aromatic rings. The highest BCUT2D eigenvalue weighted by atomic mass is 16.5. The minimum absolute atomic E-state index is 0.163. The number of hydrogen-bond acceptors (Lipinski definition) is 8. The summed E-state index contributed by atoms with van der Waals surface area (Å²) in [4.78, 5) is 19.1. The molecule has 0 aliphatic carbocycles. The fourth-order valence-corrected chi connectivity index (χ4v) is 3.35. The van der Waals surface area contributed by atoms with Crippen molar-refractivity contribution in [3.05, 3.63) is 48.4 Å². The number of nitrogens with zero attached hydrogens (tertiary/aromatic N) is 3. The number of amides is 1. The Labute approximate surface area is 200 Å². The molecule has 2 aromatic carbocycles. The predicted octanol–water partition coefficient (Wildman–Crippen LogP) is 4.05. The highest BCUT2D eigenvalue weighted by Gasteiger charge is 2.13. The summed E-state index contributed by atoms with van der Waals surface area (Å²) in [7, 11) is 3.20. The van der Waals surface area contributed by atoms with Crippen LogP contribution < -0.4 is 19.5 Å². The molecule has 0 fully saturated rings. The van der Waals surface area contributed by atoms with Gasteiger partial charge in [-0.05, 0) is 49.5 Å². The fourth-order valence-electron chi connectivity index (χ4n) is 3.35. The van der Waals surface area contributed by atoms with Gasteiger partial charge in [0.2, 0.25) is 17.6 Å². The standard InChI is InChI=1S/C25H32N4O5/c1-5-29(6-2)15-16-33-22-17-19(9-12-21(22)32-4)26-23(30)13-14-24-27-25(28-34-24)18-7-10-20(31-3)11-8-18/h7-12,17H,5-6,13-16H2,1-4H3,(H,26,30). The summed E-state index contributed by atoms with van der Waals surface area (Å²) in [5.41, 5.74) is 1.44. The van der Waals surface area contributed by atoms with E-state index in [0.29, 0.717) is 41.9 Å². The summed E-state index contributed by atoms with van der Waals surface area (Å²) >= 11 is 0. The Balaban J connectivity index is 1.53. The van der Waals surface area contributed by atoms with Gasteiger partial charge in [0.15, 0.2) is 11.5 Å². The van der Waals surface area contributed by atoms with Crippen LogP contribution in [0, 0.1) is 0 Å². The maximum atomic E-state index is 12.5. The number of hydrogen-bond donors (Lipinski definition) is 1. The van der Waals surface area contributed by atoms with Gasteiger partial charge >= 0.3 is 0 Å². The molecule has 9 heteroatoms. The first-order valence-electron chi connectivity index (χ1n) is 11.4. The van der Waals surface area contributed by atoms with Crippen molar-refractivity contribution in [2.24, 2.45) is 0 Å². The molecule has 0 bridgehead atoms. The number of anilines is 1. The highest BCUT2D eigenvalue weighted by molar-refractivity contribution is 5.91. The van der Waals surface area contributed by atoms with Crippen molar-refractivity contribution < 1.29 is 23.5 Å². The topological polar surface area (TPSA) is 99.0 Å². The summed E-state index contributed by atoms with van der Waals surface area (Å²) in [5.74, 6) is 2.67. The van der Waals surface area contributed by atoms with E-state index in [1.807, 2.05) is 24.3 Å². The zero-order valence-corrected chi connectivity index (χ0v) is 20.2. The number of benzene rings is 2. The Morgan fingerprint density at radius 1 is 1.03 bits per heavy atom. The number of aromatic nitrogens is 2. The smallest absolute Gasteiger partial charge is 0.227 e. The average molecular weight is 469 g/mol. The van der Waals surface area contributed by atoms with Crippen LogP contribution >= 0.6 is 0 Å². The molecule has 0 aliphatic rings. The number of rotatable bonds is 13. The summed E-state index contributed by atoms with van der Waals surface area (Å²) in [6.45, 7) is 7.52. The maximum Gasteiger partial charge on any atom is 0.227 e. The first kappa shape index (κ1) is 25.0. The van der Waals surface area contributed by atoms with E-state index in [-0.39, 0.29) is 12.3 Å². The predicted molar refractivity (Wildman–Crippen MR) is 130 cm³/mol. The number of ether oxygens (including phenoxy) is 3. The summed E-state index contributed by atoms with van der Waals surface area (Å²) < 4.78 is 21.8. The Bertz CT molecular complexity index is 1050. The fraction of sp³-hybridized carbons (Fsp3) is 0.400. The van der Waals surface area contributed by atoms with Gasteiger partial charge in [0.05, 0.1) is 14.2 Å². The van der Waals surface area contributed by atoms with Gasteiger partial charge in [-0.2, -0.15) is 4.98 Å². The summed E-state index contributed by atoms with van der Waals surface area (Å²) in [5, 5.41) is 6.88. The van der Waals surface area contributed by atoms with E-state index in [1.54, 1.807) is 32.4 Å². The average Bonchev–Trinajstić information content (AvgIpc) is 3.35. The second kappa shape index (κ2) is 12.6. The molecular formula is C25H32N4O5. The number of nitrogens with one attached hydrogen (secondary N) is 1. The molecule has 182 valence electrons. The number of carbonyl (C=O) groups is 1. The van der Waals surface area contributed by atoms with Gasteiger partial charge in [0.1, 0.15) is 12.4 Å². The Morgan fingerprint density at radius 3 is 2.47 bits per heavy atom. The third-order valence-corrected chi connectivity index (χ3v) is 5.39. The van der Waals surface area contributed by atoms with Gasteiger partial charge in [-0.25, -0.2) is 0 Å². The lowest BCUT2D eigenvalue weighted by Crippen LogP contribution is -2.28. The zero-order valence-electron chi connectivity index (χ0n) is 20.2. The van der Waals surface area contributed by atoms with Crippen LogP contribution in [0.3, 0.4) is 0 Å². The van der Waals surface area contributed by atoms with Crippen LogP contribution in [0.1, 0.15) is 26.2 Å². The van der Waals surface area contributed by atoms with Crippen molar-refractivity contribution in [2.45, 2.75) is 26.7 Å². The lowest BCUT2D eigenvalue weighted by Gasteiger charge is -2.19.